The smallest absolute Gasteiger partial charge is 0.153 e. The Balaban J connectivity index is 3.03. The van der Waals surface area contributed by atoms with Crippen molar-refractivity contribution in [2.45, 2.75) is 5.92 Å². The molecule has 1 atom stereocenters. The van der Waals surface area contributed by atoms with Crippen LogP contribution in [0.4, 0.5) is 0 Å². The van der Waals surface area contributed by atoms with Crippen molar-refractivity contribution in [1.29, 1.82) is 15.8 Å². The lowest BCUT2D eigenvalue weighted by Crippen LogP contribution is -2.07. The Morgan fingerprint density at radius 1 is 1.00 bits per heavy atom. The normalized spacial score (nSPS) is 10.9. The molecule has 0 unspecified atom stereocenters. The molecule has 4 nitrogen and oxygen atoms in total. The van der Waals surface area contributed by atoms with Gasteiger partial charge in [0.15, 0.2) is 5.92 Å². The van der Waals surface area contributed by atoms with E-state index in [1.165, 1.54) is 0 Å². The van der Waals surface area contributed by atoms with E-state index in [0.29, 0.717) is 11.3 Å². The lowest BCUT2D eigenvalue weighted by molar-refractivity contribution is 0.414. The molecule has 0 saturated carbocycles. The second kappa shape index (κ2) is 5.39. The van der Waals surface area contributed by atoms with Crippen LogP contribution in [0.25, 0.3) is 0 Å². The van der Waals surface area contributed by atoms with E-state index in [2.05, 4.69) is 0 Å². The van der Waals surface area contributed by atoms with Gasteiger partial charge >= 0.3 is 0 Å². The van der Waals surface area contributed by atoms with Crippen molar-refractivity contribution in [3.63, 3.8) is 0 Å². The van der Waals surface area contributed by atoms with Crippen LogP contribution in [0.5, 0.6) is 5.75 Å². The fourth-order valence-corrected chi connectivity index (χ4v) is 1.33. The van der Waals surface area contributed by atoms with Gasteiger partial charge in [-0.15, -0.1) is 0 Å². The van der Waals surface area contributed by atoms with Crippen LogP contribution in [-0.2, 0) is 0 Å². The molecule has 0 aliphatic carbocycles. The van der Waals surface area contributed by atoms with Crippen molar-refractivity contribution in [2.75, 3.05) is 7.11 Å². The lowest BCUT2D eigenvalue weighted by Gasteiger charge is -2.09. The van der Waals surface area contributed by atoms with Crippen LogP contribution in [0.15, 0.2) is 24.3 Å². The average molecular weight is 211 g/mol. The van der Waals surface area contributed by atoms with Gasteiger partial charge in [-0.2, -0.15) is 15.8 Å². The number of benzene rings is 1. The molecule has 0 spiro atoms. The first-order chi connectivity index (χ1) is 7.76. The van der Waals surface area contributed by atoms with Gasteiger partial charge in [-0.3, -0.25) is 0 Å². The van der Waals surface area contributed by atoms with Gasteiger partial charge in [-0.1, -0.05) is 12.1 Å². The Kier molecular flexibility index (Phi) is 3.90. The van der Waals surface area contributed by atoms with E-state index in [9.17, 15) is 0 Å². The molecular formula is C12H9N3O. The first-order valence-corrected chi connectivity index (χ1v) is 4.59. The number of rotatable bonds is 3. The molecule has 1 aromatic carbocycles. The summed E-state index contributed by atoms with van der Waals surface area (Å²) in [6.45, 7) is 0. The molecule has 0 N–H and O–H groups in total. The molecule has 1 rings (SSSR count). The number of hydrogen-bond acceptors (Lipinski definition) is 4. The number of hydrogen-bond donors (Lipinski definition) is 0. The number of ether oxygens (including phenoxy) is 1. The van der Waals surface area contributed by atoms with E-state index in [-0.39, 0.29) is 0 Å². The first kappa shape index (κ1) is 11.6. The van der Waals surface area contributed by atoms with Gasteiger partial charge < -0.3 is 4.74 Å². The third-order valence-electron chi connectivity index (χ3n) is 2.23. The highest BCUT2D eigenvalue weighted by molar-refractivity contribution is 5.35. The zero-order valence-electron chi connectivity index (χ0n) is 8.71. The lowest BCUT2D eigenvalue weighted by atomic mass is 9.89. The summed E-state index contributed by atoms with van der Waals surface area (Å²) in [5.74, 6) is -0.995. The van der Waals surface area contributed by atoms with Crippen molar-refractivity contribution in [3.8, 4) is 24.0 Å². The van der Waals surface area contributed by atoms with E-state index in [1.54, 1.807) is 31.4 Å². The van der Waals surface area contributed by atoms with Gasteiger partial charge in [0.25, 0.3) is 0 Å². The molecule has 78 valence electrons. The Morgan fingerprint density at radius 2 is 1.56 bits per heavy atom. The average Bonchev–Trinajstić information content (AvgIpc) is 2.36. The molecule has 0 fully saturated rings. The van der Waals surface area contributed by atoms with Gasteiger partial charge in [-0.25, -0.2) is 0 Å². The fraction of sp³-hybridized carbons (Fsp3) is 0.250. The number of nitriles is 3. The van der Waals surface area contributed by atoms with Gasteiger partial charge in [0.1, 0.15) is 11.7 Å². The van der Waals surface area contributed by atoms with Crippen LogP contribution in [0.3, 0.4) is 0 Å². The predicted molar refractivity (Wildman–Crippen MR) is 56.1 cm³/mol. The van der Waals surface area contributed by atoms with Crippen LogP contribution >= 0.6 is 0 Å². The predicted octanol–water partition coefficient (Wildman–Crippen LogP) is 1.97. The van der Waals surface area contributed by atoms with Gasteiger partial charge in [0.2, 0.25) is 0 Å². The summed E-state index contributed by atoms with van der Waals surface area (Å²) < 4.78 is 4.98. The minimum Gasteiger partial charge on any atom is -0.497 e. The van der Waals surface area contributed by atoms with Gasteiger partial charge in [0, 0.05) is 0 Å². The zero-order valence-corrected chi connectivity index (χ0v) is 8.71. The summed E-state index contributed by atoms with van der Waals surface area (Å²) in [5.41, 5.74) is 0.649. The zero-order chi connectivity index (χ0) is 12.0. The first-order valence-electron chi connectivity index (χ1n) is 4.59. The number of methoxy groups -OCH3 is 1. The minimum absolute atomic E-state index is 0.649. The van der Waals surface area contributed by atoms with E-state index in [1.807, 2.05) is 18.2 Å². The SMILES string of the molecule is COc1ccc([C@H](C#N)C(C#N)C#N)cc1. The third-order valence-corrected chi connectivity index (χ3v) is 2.23. The number of nitrogens with zero attached hydrogens (tertiary/aromatic N) is 3. The molecule has 16 heavy (non-hydrogen) atoms. The summed E-state index contributed by atoms with van der Waals surface area (Å²) in [4.78, 5) is 0. The van der Waals surface area contributed by atoms with E-state index in [4.69, 9.17) is 20.5 Å². The topological polar surface area (TPSA) is 80.6 Å². The molecule has 0 heterocycles. The second-order valence-electron chi connectivity index (χ2n) is 3.12. The van der Waals surface area contributed by atoms with Gasteiger partial charge in [0.05, 0.1) is 25.3 Å². The summed E-state index contributed by atoms with van der Waals surface area (Å²) in [6, 6.07) is 12.4. The summed E-state index contributed by atoms with van der Waals surface area (Å²) in [7, 11) is 1.55. The maximum atomic E-state index is 8.96. The van der Waals surface area contributed by atoms with E-state index >= 15 is 0 Å². The summed E-state index contributed by atoms with van der Waals surface area (Å²) in [6.07, 6.45) is 0. The van der Waals surface area contributed by atoms with Crippen molar-refractivity contribution in [2.24, 2.45) is 5.92 Å². The maximum absolute atomic E-state index is 8.96. The van der Waals surface area contributed by atoms with Crippen LogP contribution < -0.4 is 4.74 Å². The maximum Gasteiger partial charge on any atom is 0.153 e. The van der Waals surface area contributed by atoms with Crippen LogP contribution in [0.1, 0.15) is 11.5 Å². The van der Waals surface area contributed by atoms with Crippen molar-refractivity contribution in [1.82, 2.24) is 0 Å². The van der Waals surface area contributed by atoms with Crippen LogP contribution in [-0.4, -0.2) is 7.11 Å². The molecule has 0 aromatic heterocycles. The third kappa shape index (κ3) is 2.29. The Bertz CT molecular complexity index is 459. The molecule has 0 bridgehead atoms. The molecule has 0 amide bonds. The van der Waals surface area contributed by atoms with Crippen molar-refractivity contribution >= 4 is 0 Å². The molecule has 0 aliphatic rings. The summed E-state index contributed by atoms with van der Waals surface area (Å²) >= 11 is 0. The Morgan fingerprint density at radius 3 is 1.94 bits per heavy atom. The summed E-state index contributed by atoms with van der Waals surface area (Å²) in [5, 5.41) is 26.4. The quantitative estimate of drug-likeness (QED) is 0.765. The van der Waals surface area contributed by atoms with E-state index in [0.717, 1.165) is 0 Å². The highest BCUT2D eigenvalue weighted by atomic mass is 16.5. The van der Waals surface area contributed by atoms with Crippen molar-refractivity contribution < 1.29 is 4.74 Å². The monoisotopic (exact) mass is 211 g/mol. The molecule has 0 aliphatic heterocycles. The Hall–Kier alpha value is -2.51. The van der Waals surface area contributed by atoms with Crippen LogP contribution in [0, 0.1) is 39.9 Å². The highest BCUT2D eigenvalue weighted by Gasteiger charge is 2.22. The Labute approximate surface area is 93.9 Å². The molecule has 0 radical (unpaired) electrons. The molecular weight excluding hydrogens is 202 g/mol. The molecule has 1 aromatic rings. The highest BCUT2D eigenvalue weighted by Crippen LogP contribution is 2.25. The van der Waals surface area contributed by atoms with Gasteiger partial charge in [-0.05, 0) is 17.7 Å². The standard InChI is InChI=1S/C12H9N3O/c1-16-11-4-2-9(3-5-11)12(8-15)10(6-13)7-14/h2-5,10,12H,1H3/t12-/m0/s1. The second-order valence-corrected chi connectivity index (χ2v) is 3.12. The van der Waals surface area contributed by atoms with E-state index < -0.39 is 11.8 Å². The molecule has 0 saturated heterocycles. The largest absolute Gasteiger partial charge is 0.497 e. The minimum atomic E-state index is -0.946. The van der Waals surface area contributed by atoms with Crippen LogP contribution in [0.2, 0.25) is 0 Å². The fourth-order valence-electron chi connectivity index (χ4n) is 1.33. The van der Waals surface area contributed by atoms with Crippen molar-refractivity contribution in [3.05, 3.63) is 29.8 Å². The molecule has 4 heteroatoms.